The molecule has 0 bridgehead atoms. The van der Waals surface area contributed by atoms with Crippen molar-refractivity contribution >= 4 is 17.6 Å². The maximum Gasteiger partial charge on any atom is 0.244 e. The second-order valence-electron chi connectivity index (χ2n) is 5.78. The highest BCUT2D eigenvalue weighted by molar-refractivity contribution is 5.91. The van der Waals surface area contributed by atoms with Gasteiger partial charge in [0.15, 0.2) is 5.65 Å². The van der Waals surface area contributed by atoms with Crippen LogP contribution in [0.2, 0.25) is 0 Å². The molecule has 1 aromatic carbocycles. The number of carbonyl (C=O) groups excluding carboxylic acids is 1. The summed E-state index contributed by atoms with van der Waals surface area (Å²) in [6.45, 7) is 4.62. The number of amides is 1. The smallest absolute Gasteiger partial charge is 0.244 e. The predicted octanol–water partition coefficient (Wildman–Crippen LogP) is 2.72. The van der Waals surface area contributed by atoms with Gasteiger partial charge in [-0.1, -0.05) is 29.8 Å². The van der Waals surface area contributed by atoms with Crippen molar-refractivity contribution in [3.05, 3.63) is 71.2 Å². The highest BCUT2D eigenvalue weighted by Crippen LogP contribution is 2.11. The molecule has 0 aliphatic heterocycles. The molecule has 0 radical (unpaired) electrons. The Bertz CT molecular complexity index is 895. The minimum atomic E-state index is -0.108. The minimum Gasteiger partial charge on any atom is -0.352 e. The van der Waals surface area contributed by atoms with Gasteiger partial charge in [0.2, 0.25) is 5.91 Å². The molecule has 2 aromatic heterocycles. The zero-order chi connectivity index (χ0) is 16.9. The van der Waals surface area contributed by atoms with Crippen molar-refractivity contribution < 1.29 is 4.79 Å². The number of aromatic nitrogens is 3. The molecule has 0 unspecified atom stereocenters. The molecule has 0 aliphatic carbocycles. The highest BCUT2D eigenvalue weighted by Gasteiger charge is 2.04. The largest absolute Gasteiger partial charge is 0.352 e. The van der Waals surface area contributed by atoms with Gasteiger partial charge in [-0.05, 0) is 43.2 Å². The second kappa shape index (κ2) is 7.08. The Balaban J connectivity index is 1.55. The molecule has 122 valence electrons. The molecule has 0 fully saturated rings. The summed E-state index contributed by atoms with van der Waals surface area (Å²) in [4.78, 5) is 11.9. The third-order valence-corrected chi connectivity index (χ3v) is 3.87. The van der Waals surface area contributed by atoms with E-state index in [1.807, 2.05) is 53.9 Å². The van der Waals surface area contributed by atoms with Crippen molar-refractivity contribution in [2.24, 2.45) is 0 Å². The molecule has 0 saturated carbocycles. The van der Waals surface area contributed by atoms with Crippen molar-refractivity contribution in [2.45, 2.75) is 20.3 Å². The second-order valence-corrected chi connectivity index (χ2v) is 5.78. The molecular weight excluding hydrogens is 300 g/mol. The van der Waals surface area contributed by atoms with Gasteiger partial charge in [0.05, 0.1) is 0 Å². The van der Waals surface area contributed by atoms with Crippen molar-refractivity contribution in [3.8, 4) is 0 Å². The fraction of sp³-hybridized carbons (Fsp3) is 0.211. The fourth-order valence-corrected chi connectivity index (χ4v) is 2.60. The molecule has 0 saturated heterocycles. The topological polar surface area (TPSA) is 59.3 Å². The number of hydrogen-bond donors (Lipinski definition) is 1. The van der Waals surface area contributed by atoms with Gasteiger partial charge in [-0.25, -0.2) is 0 Å². The Kier molecular flexibility index (Phi) is 4.70. The van der Waals surface area contributed by atoms with Crippen LogP contribution in [0.5, 0.6) is 0 Å². The molecule has 24 heavy (non-hydrogen) atoms. The van der Waals surface area contributed by atoms with Gasteiger partial charge >= 0.3 is 0 Å². The number of carbonyl (C=O) groups is 1. The molecule has 1 N–H and O–H groups in total. The molecule has 3 rings (SSSR count). The standard InChI is InChI=1S/C19H20N4O/c1-14-6-7-16(15(2)13-14)8-9-19(24)20-11-10-18-22-21-17-5-3-4-12-23(17)18/h3-9,12-13H,10-11H2,1-2H3,(H,20,24). The molecule has 0 spiro atoms. The molecule has 2 heterocycles. The summed E-state index contributed by atoms with van der Waals surface area (Å²) in [5.41, 5.74) is 4.25. The average molecular weight is 320 g/mol. The summed E-state index contributed by atoms with van der Waals surface area (Å²) in [6, 6.07) is 11.9. The number of fused-ring (bicyclic) bond motifs is 1. The molecule has 0 atom stereocenters. The van der Waals surface area contributed by atoms with Gasteiger partial charge in [-0.3, -0.25) is 9.20 Å². The molecule has 0 aliphatic rings. The molecule has 5 nitrogen and oxygen atoms in total. The first-order valence-corrected chi connectivity index (χ1v) is 7.95. The monoisotopic (exact) mass is 320 g/mol. The summed E-state index contributed by atoms with van der Waals surface area (Å²) in [6.07, 6.45) is 5.97. The number of nitrogens with zero attached hydrogens (tertiary/aromatic N) is 3. The first-order chi connectivity index (χ1) is 11.6. The lowest BCUT2D eigenvalue weighted by molar-refractivity contribution is -0.116. The van der Waals surface area contributed by atoms with Crippen LogP contribution in [0.25, 0.3) is 11.7 Å². The minimum absolute atomic E-state index is 0.108. The van der Waals surface area contributed by atoms with Crippen LogP contribution in [0.3, 0.4) is 0 Å². The number of benzene rings is 1. The van der Waals surface area contributed by atoms with E-state index in [9.17, 15) is 4.79 Å². The van der Waals surface area contributed by atoms with Crippen LogP contribution in [-0.4, -0.2) is 27.0 Å². The van der Waals surface area contributed by atoms with Crippen LogP contribution in [-0.2, 0) is 11.2 Å². The van der Waals surface area contributed by atoms with Crippen LogP contribution in [0.1, 0.15) is 22.5 Å². The molecule has 5 heteroatoms. The van der Waals surface area contributed by atoms with E-state index >= 15 is 0 Å². The van der Waals surface area contributed by atoms with Crippen molar-refractivity contribution in [3.63, 3.8) is 0 Å². The van der Waals surface area contributed by atoms with E-state index in [1.165, 1.54) is 5.56 Å². The summed E-state index contributed by atoms with van der Waals surface area (Å²) < 4.78 is 1.93. The Labute approximate surface area is 141 Å². The molecule has 1 amide bonds. The number of hydrogen-bond acceptors (Lipinski definition) is 3. The lowest BCUT2D eigenvalue weighted by atomic mass is 10.1. The van der Waals surface area contributed by atoms with Gasteiger partial charge in [0.1, 0.15) is 5.82 Å². The van der Waals surface area contributed by atoms with E-state index in [0.29, 0.717) is 13.0 Å². The van der Waals surface area contributed by atoms with Crippen molar-refractivity contribution in [1.29, 1.82) is 0 Å². The average Bonchev–Trinajstić information content (AvgIpc) is 2.97. The zero-order valence-electron chi connectivity index (χ0n) is 13.9. The van der Waals surface area contributed by atoms with Gasteiger partial charge in [-0.15, -0.1) is 10.2 Å². The highest BCUT2D eigenvalue weighted by atomic mass is 16.1. The SMILES string of the molecule is Cc1ccc(C=CC(=O)NCCc2nnc3ccccn23)c(C)c1. The quantitative estimate of drug-likeness (QED) is 0.735. The van der Waals surface area contributed by atoms with Crippen LogP contribution < -0.4 is 5.32 Å². The third kappa shape index (κ3) is 3.68. The van der Waals surface area contributed by atoms with Crippen molar-refractivity contribution in [1.82, 2.24) is 19.9 Å². The Morgan fingerprint density at radius 3 is 2.92 bits per heavy atom. The van der Waals surface area contributed by atoms with Gasteiger partial charge in [0, 0.05) is 25.2 Å². The first kappa shape index (κ1) is 15.9. The van der Waals surface area contributed by atoms with E-state index in [2.05, 4.69) is 28.5 Å². The molecule has 3 aromatic rings. The lowest BCUT2D eigenvalue weighted by Crippen LogP contribution is -2.24. The van der Waals surface area contributed by atoms with Crippen LogP contribution in [0.4, 0.5) is 0 Å². The summed E-state index contributed by atoms with van der Waals surface area (Å²) in [5, 5.41) is 11.1. The van der Waals surface area contributed by atoms with Crippen LogP contribution in [0.15, 0.2) is 48.7 Å². The van der Waals surface area contributed by atoms with E-state index < -0.39 is 0 Å². The maximum atomic E-state index is 11.9. The predicted molar refractivity (Wildman–Crippen MR) is 94.7 cm³/mol. The third-order valence-electron chi connectivity index (χ3n) is 3.87. The summed E-state index contributed by atoms with van der Waals surface area (Å²) in [5.74, 6) is 0.730. The van der Waals surface area contributed by atoms with E-state index in [1.54, 1.807) is 6.08 Å². The van der Waals surface area contributed by atoms with Crippen LogP contribution >= 0.6 is 0 Å². The zero-order valence-corrected chi connectivity index (χ0v) is 13.9. The van der Waals surface area contributed by atoms with Crippen molar-refractivity contribution in [2.75, 3.05) is 6.54 Å². The first-order valence-electron chi connectivity index (χ1n) is 7.95. The summed E-state index contributed by atoms with van der Waals surface area (Å²) in [7, 11) is 0. The van der Waals surface area contributed by atoms with Crippen LogP contribution in [0, 0.1) is 13.8 Å². The van der Waals surface area contributed by atoms with E-state index in [-0.39, 0.29) is 5.91 Å². The number of nitrogens with one attached hydrogen (secondary N) is 1. The number of aryl methyl sites for hydroxylation is 2. The normalized spacial score (nSPS) is 11.2. The number of rotatable bonds is 5. The fourth-order valence-electron chi connectivity index (χ4n) is 2.60. The maximum absolute atomic E-state index is 11.9. The Morgan fingerprint density at radius 2 is 2.08 bits per heavy atom. The van der Waals surface area contributed by atoms with Gasteiger partial charge < -0.3 is 5.32 Å². The van der Waals surface area contributed by atoms with Gasteiger partial charge in [0.25, 0.3) is 0 Å². The number of pyridine rings is 1. The lowest BCUT2D eigenvalue weighted by Gasteiger charge is -2.03. The van der Waals surface area contributed by atoms with E-state index in [4.69, 9.17) is 0 Å². The van der Waals surface area contributed by atoms with E-state index in [0.717, 1.165) is 22.6 Å². The summed E-state index contributed by atoms with van der Waals surface area (Å²) >= 11 is 0. The Morgan fingerprint density at radius 1 is 1.21 bits per heavy atom. The molecular formula is C19H20N4O. The Hall–Kier alpha value is -2.95. The van der Waals surface area contributed by atoms with Gasteiger partial charge in [-0.2, -0.15) is 0 Å².